The second-order valence-electron chi connectivity index (χ2n) is 5.67. The van der Waals surface area contributed by atoms with Gasteiger partial charge >= 0.3 is 0 Å². The van der Waals surface area contributed by atoms with Crippen molar-refractivity contribution >= 4 is 11.8 Å². The second-order valence-corrected chi connectivity index (χ2v) is 5.67. The number of carbonyl (C=O) groups is 2. The molecule has 0 radical (unpaired) electrons. The summed E-state index contributed by atoms with van der Waals surface area (Å²) in [6.45, 7) is 1.68. The summed E-state index contributed by atoms with van der Waals surface area (Å²) in [6, 6.07) is 6.49. The van der Waals surface area contributed by atoms with Crippen molar-refractivity contribution in [2.24, 2.45) is 0 Å². The standard InChI is InChI=1S/C19H23N3O5/c1-12(13-6-5-7-20-10-13)22-17(23)11-21-19(24)14-8-15(25-2)18(27-4)16(9-14)26-3/h5-10,12H,11H2,1-4H3,(H,21,24)(H,22,23). The van der Waals surface area contributed by atoms with Gasteiger partial charge in [-0.1, -0.05) is 6.07 Å². The lowest BCUT2D eigenvalue weighted by atomic mass is 10.1. The van der Waals surface area contributed by atoms with Crippen LogP contribution in [0, 0.1) is 0 Å². The van der Waals surface area contributed by atoms with Crippen LogP contribution in [-0.2, 0) is 4.79 Å². The largest absolute Gasteiger partial charge is 0.493 e. The van der Waals surface area contributed by atoms with Gasteiger partial charge < -0.3 is 24.8 Å². The fourth-order valence-corrected chi connectivity index (χ4v) is 2.48. The minimum Gasteiger partial charge on any atom is -0.493 e. The lowest BCUT2D eigenvalue weighted by molar-refractivity contribution is -0.120. The molecular formula is C19H23N3O5. The van der Waals surface area contributed by atoms with Crippen LogP contribution in [0.15, 0.2) is 36.7 Å². The highest BCUT2D eigenvalue weighted by atomic mass is 16.5. The normalized spacial score (nSPS) is 11.3. The Balaban J connectivity index is 2.00. The van der Waals surface area contributed by atoms with Crippen LogP contribution in [-0.4, -0.2) is 44.7 Å². The topological polar surface area (TPSA) is 98.8 Å². The van der Waals surface area contributed by atoms with Gasteiger partial charge in [0.15, 0.2) is 11.5 Å². The maximum atomic E-state index is 12.4. The van der Waals surface area contributed by atoms with Crippen LogP contribution < -0.4 is 24.8 Å². The lowest BCUT2D eigenvalue weighted by Crippen LogP contribution is -2.38. The van der Waals surface area contributed by atoms with Crippen molar-refractivity contribution in [3.8, 4) is 17.2 Å². The Morgan fingerprint density at radius 3 is 2.30 bits per heavy atom. The van der Waals surface area contributed by atoms with E-state index in [4.69, 9.17) is 14.2 Å². The number of aromatic nitrogens is 1. The molecule has 0 aliphatic carbocycles. The monoisotopic (exact) mass is 373 g/mol. The number of ether oxygens (including phenoxy) is 3. The Labute approximate surface area is 157 Å². The summed E-state index contributed by atoms with van der Waals surface area (Å²) in [5.74, 6) is 0.360. The fourth-order valence-electron chi connectivity index (χ4n) is 2.48. The van der Waals surface area contributed by atoms with E-state index in [2.05, 4.69) is 15.6 Å². The number of rotatable bonds is 8. The molecule has 1 unspecified atom stereocenters. The highest BCUT2D eigenvalue weighted by Gasteiger charge is 2.18. The second kappa shape index (κ2) is 9.42. The number of hydrogen-bond donors (Lipinski definition) is 2. The van der Waals surface area contributed by atoms with Crippen LogP contribution in [0.4, 0.5) is 0 Å². The summed E-state index contributed by atoms with van der Waals surface area (Å²) in [5.41, 5.74) is 1.17. The van der Waals surface area contributed by atoms with Gasteiger partial charge in [0, 0.05) is 18.0 Å². The molecule has 144 valence electrons. The number of carbonyl (C=O) groups excluding carboxylic acids is 2. The average molecular weight is 373 g/mol. The van der Waals surface area contributed by atoms with Crippen LogP contribution in [0.1, 0.15) is 28.9 Å². The van der Waals surface area contributed by atoms with Crippen molar-refractivity contribution in [3.63, 3.8) is 0 Å². The maximum Gasteiger partial charge on any atom is 0.251 e. The van der Waals surface area contributed by atoms with Gasteiger partial charge in [-0.05, 0) is 30.7 Å². The molecule has 0 fully saturated rings. The number of nitrogens with one attached hydrogen (secondary N) is 2. The lowest BCUT2D eigenvalue weighted by Gasteiger charge is -2.15. The molecule has 27 heavy (non-hydrogen) atoms. The third-order valence-electron chi connectivity index (χ3n) is 3.90. The molecule has 0 aliphatic rings. The van der Waals surface area contributed by atoms with Gasteiger partial charge in [-0.2, -0.15) is 0 Å². The van der Waals surface area contributed by atoms with E-state index in [0.29, 0.717) is 17.2 Å². The predicted molar refractivity (Wildman–Crippen MR) is 99.2 cm³/mol. The van der Waals surface area contributed by atoms with E-state index in [0.717, 1.165) is 5.56 Å². The fraction of sp³-hybridized carbons (Fsp3) is 0.316. The highest BCUT2D eigenvalue weighted by molar-refractivity contribution is 5.97. The summed E-state index contributed by atoms with van der Waals surface area (Å²) in [4.78, 5) is 28.5. The van der Waals surface area contributed by atoms with E-state index < -0.39 is 5.91 Å². The molecule has 1 aromatic carbocycles. The molecule has 1 aromatic heterocycles. The summed E-state index contributed by atoms with van der Waals surface area (Å²) in [7, 11) is 4.41. The van der Waals surface area contributed by atoms with E-state index in [-0.39, 0.29) is 24.1 Å². The zero-order chi connectivity index (χ0) is 19.8. The molecule has 8 nitrogen and oxygen atoms in total. The number of methoxy groups -OCH3 is 3. The number of pyridine rings is 1. The summed E-state index contributed by atoms with van der Waals surface area (Å²) in [6.07, 6.45) is 3.34. The zero-order valence-corrected chi connectivity index (χ0v) is 15.7. The smallest absolute Gasteiger partial charge is 0.251 e. The van der Waals surface area contributed by atoms with Crippen LogP contribution in [0.3, 0.4) is 0 Å². The molecule has 0 spiro atoms. The minimum absolute atomic E-state index is 0.167. The molecule has 8 heteroatoms. The first-order chi connectivity index (χ1) is 13.0. The van der Waals surface area contributed by atoms with Crippen molar-refractivity contribution in [2.45, 2.75) is 13.0 Å². The van der Waals surface area contributed by atoms with Gasteiger partial charge in [0.05, 0.1) is 33.9 Å². The van der Waals surface area contributed by atoms with Gasteiger partial charge in [-0.3, -0.25) is 14.6 Å². The molecule has 0 saturated heterocycles. The first-order valence-corrected chi connectivity index (χ1v) is 8.27. The van der Waals surface area contributed by atoms with Crippen molar-refractivity contribution < 1.29 is 23.8 Å². The van der Waals surface area contributed by atoms with Gasteiger partial charge in [0.25, 0.3) is 5.91 Å². The van der Waals surface area contributed by atoms with E-state index in [1.54, 1.807) is 18.5 Å². The number of amides is 2. The SMILES string of the molecule is COc1cc(C(=O)NCC(=O)NC(C)c2cccnc2)cc(OC)c1OC. The predicted octanol–water partition coefficient (Wildman–Crippen LogP) is 1.71. The van der Waals surface area contributed by atoms with Crippen molar-refractivity contribution in [3.05, 3.63) is 47.8 Å². The number of hydrogen-bond acceptors (Lipinski definition) is 6. The van der Waals surface area contributed by atoms with Crippen molar-refractivity contribution in [1.29, 1.82) is 0 Å². The quantitative estimate of drug-likeness (QED) is 0.731. The molecule has 1 atom stereocenters. The van der Waals surface area contributed by atoms with E-state index in [1.165, 1.54) is 33.5 Å². The Morgan fingerprint density at radius 1 is 1.11 bits per heavy atom. The minimum atomic E-state index is -0.432. The van der Waals surface area contributed by atoms with Crippen molar-refractivity contribution in [2.75, 3.05) is 27.9 Å². The highest BCUT2D eigenvalue weighted by Crippen LogP contribution is 2.38. The van der Waals surface area contributed by atoms with Crippen LogP contribution in [0.2, 0.25) is 0 Å². The number of nitrogens with zero attached hydrogens (tertiary/aromatic N) is 1. The average Bonchev–Trinajstić information content (AvgIpc) is 2.71. The third kappa shape index (κ3) is 5.10. The molecular weight excluding hydrogens is 350 g/mol. The summed E-state index contributed by atoms with van der Waals surface area (Å²) in [5, 5.41) is 5.38. The van der Waals surface area contributed by atoms with Gasteiger partial charge in [0.1, 0.15) is 0 Å². The summed E-state index contributed by atoms with van der Waals surface area (Å²) < 4.78 is 15.7. The van der Waals surface area contributed by atoms with Gasteiger partial charge in [-0.25, -0.2) is 0 Å². The molecule has 2 N–H and O–H groups in total. The van der Waals surface area contributed by atoms with E-state index >= 15 is 0 Å². The molecule has 1 heterocycles. The Morgan fingerprint density at radius 2 is 1.78 bits per heavy atom. The van der Waals surface area contributed by atoms with Crippen LogP contribution >= 0.6 is 0 Å². The van der Waals surface area contributed by atoms with Crippen LogP contribution in [0.25, 0.3) is 0 Å². The Hall–Kier alpha value is -3.29. The van der Waals surface area contributed by atoms with Crippen molar-refractivity contribution in [1.82, 2.24) is 15.6 Å². The van der Waals surface area contributed by atoms with Gasteiger partial charge in [-0.15, -0.1) is 0 Å². The molecule has 0 aliphatic heterocycles. The summed E-state index contributed by atoms with van der Waals surface area (Å²) >= 11 is 0. The Kier molecular flexibility index (Phi) is 6.99. The zero-order valence-electron chi connectivity index (χ0n) is 15.7. The molecule has 2 aromatic rings. The van der Waals surface area contributed by atoms with E-state index in [9.17, 15) is 9.59 Å². The number of benzene rings is 1. The molecule has 0 bridgehead atoms. The van der Waals surface area contributed by atoms with Crippen LogP contribution in [0.5, 0.6) is 17.2 Å². The molecule has 2 rings (SSSR count). The van der Waals surface area contributed by atoms with Gasteiger partial charge in [0.2, 0.25) is 11.7 Å². The third-order valence-corrected chi connectivity index (χ3v) is 3.90. The maximum absolute atomic E-state index is 12.4. The molecule has 2 amide bonds. The van der Waals surface area contributed by atoms with E-state index in [1.807, 2.05) is 13.0 Å². The first-order valence-electron chi connectivity index (χ1n) is 8.27. The Bertz CT molecular complexity index is 770. The first kappa shape index (κ1) is 20.0. The molecule has 0 saturated carbocycles.